The second kappa shape index (κ2) is 15.4. The Kier molecular flexibility index (Phi) is 10.9. The predicted octanol–water partition coefficient (Wildman–Crippen LogP) is 0.577. The van der Waals surface area contributed by atoms with Gasteiger partial charge in [-0.2, -0.15) is 0 Å². The number of carbonyl (C=O) groups excluding carboxylic acids is 1. The Labute approximate surface area is 299 Å². The molecule has 10 atom stereocenters. The van der Waals surface area contributed by atoms with Crippen molar-refractivity contribution in [3.8, 4) is 40.1 Å². The Hall–Kier alpha value is -5.24. The van der Waals surface area contributed by atoms with Crippen molar-refractivity contribution in [3.05, 3.63) is 82.5 Å². The predicted molar refractivity (Wildman–Crippen MR) is 180 cm³/mol. The summed E-state index contributed by atoms with van der Waals surface area (Å²) in [6.07, 6.45) is -14.3. The molecule has 2 fully saturated rings. The SMILES string of the molecule is C[C@H]1O[C@@H](Oc2c(-c3ccc(O)cc3)oc3cc(O)cc(O)c3c2=O)[C@@H](O)[C@@H](O)[C@@H]1O[C@H]1O[C@@H](COC(=O)C=Cc2ccc(O)cc2)[C@H](O)[C@@H](O)[C@@H]1O. The fourth-order valence-corrected chi connectivity index (χ4v) is 5.87. The number of carbonyl (C=O) groups is 1. The number of phenolic OH excluding ortho intramolecular Hbond substituents is 4. The number of aliphatic hydroxyl groups excluding tert-OH is 5. The van der Waals surface area contributed by atoms with E-state index >= 15 is 0 Å². The first-order valence-electron chi connectivity index (χ1n) is 16.2. The van der Waals surface area contributed by atoms with Crippen molar-refractivity contribution in [2.75, 3.05) is 6.61 Å². The summed E-state index contributed by atoms with van der Waals surface area (Å²) in [5.74, 6) is -2.76. The molecule has 0 radical (unpaired) electrons. The molecule has 3 aromatic carbocycles. The molecule has 282 valence electrons. The van der Waals surface area contributed by atoms with Gasteiger partial charge in [-0.15, -0.1) is 0 Å². The molecular formula is C36H36O17. The molecule has 0 bridgehead atoms. The highest BCUT2D eigenvalue weighted by molar-refractivity contribution is 5.88. The summed E-state index contributed by atoms with van der Waals surface area (Å²) in [7, 11) is 0. The minimum Gasteiger partial charge on any atom is -0.508 e. The first-order chi connectivity index (χ1) is 25.2. The van der Waals surface area contributed by atoms with Crippen LogP contribution in [0.3, 0.4) is 0 Å². The number of phenols is 4. The number of aromatic hydroxyl groups is 4. The van der Waals surface area contributed by atoms with Crippen LogP contribution in [0.15, 0.2) is 76.0 Å². The lowest BCUT2D eigenvalue weighted by atomic mass is 9.97. The highest BCUT2D eigenvalue weighted by Crippen LogP contribution is 2.38. The Morgan fingerprint density at radius 2 is 1.42 bits per heavy atom. The van der Waals surface area contributed by atoms with Crippen LogP contribution in [0.4, 0.5) is 0 Å². The molecule has 3 heterocycles. The van der Waals surface area contributed by atoms with E-state index in [-0.39, 0.29) is 33.8 Å². The van der Waals surface area contributed by atoms with E-state index < -0.39 is 96.7 Å². The Morgan fingerprint density at radius 3 is 2.09 bits per heavy atom. The fraction of sp³-hybridized carbons (Fsp3) is 0.333. The van der Waals surface area contributed by atoms with Gasteiger partial charge in [0.05, 0.1) is 6.10 Å². The number of benzene rings is 3. The van der Waals surface area contributed by atoms with Gasteiger partial charge in [0.1, 0.15) is 83.3 Å². The van der Waals surface area contributed by atoms with E-state index in [0.717, 1.165) is 18.2 Å². The number of rotatable bonds is 9. The van der Waals surface area contributed by atoms with Gasteiger partial charge in [-0.25, -0.2) is 4.79 Å². The fourth-order valence-electron chi connectivity index (χ4n) is 5.87. The molecule has 6 rings (SSSR count). The first-order valence-corrected chi connectivity index (χ1v) is 16.2. The molecule has 0 spiro atoms. The zero-order valence-corrected chi connectivity index (χ0v) is 27.7. The summed E-state index contributed by atoms with van der Waals surface area (Å²) < 4.78 is 33.9. The number of ether oxygens (including phenoxy) is 5. The molecule has 1 aromatic heterocycles. The van der Waals surface area contributed by atoms with Crippen LogP contribution in [0.1, 0.15) is 12.5 Å². The van der Waals surface area contributed by atoms with E-state index in [1.807, 2.05) is 0 Å². The molecule has 2 saturated heterocycles. The van der Waals surface area contributed by atoms with Crippen LogP contribution in [0, 0.1) is 0 Å². The molecule has 2 aliphatic rings. The minimum atomic E-state index is -1.94. The van der Waals surface area contributed by atoms with Gasteiger partial charge in [0.2, 0.25) is 17.5 Å². The van der Waals surface area contributed by atoms with Crippen LogP contribution < -0.4 is 10.2 Å². The summed E-state index contributed by atoms with van der Waals surface area (Å²) in [6.45, 7) is 0.808. The Bertz CT molecular complexity index is 2010. The zero-order valence-electron chi connectivity index (χ0n) is 27.7. The van der Waals surface area contributed by atoms with Gasteiger partial charge in [0, 0.05) is 23.8 Å². The number of fused-ring (bicyclic) bond motifs is 1. The zero-order chi connectivity index (χ0) is 38.1. The van der Waals surface area contributed by atoms with Crippen molar-refractivity contribution in [1.82, 2.24) is 0 Å². The van der Waals surface area contributed by atoms with Crippen molar-refractivity contribution in [2.45, 2.75) is 68.3 Å². The van der Waals surface area contributed by atoms with E-state index in [1.165, 1.54) is 49.4 Å². The van der Waals surface area contributed by atoms with Crippen LogP contribution in [0.25, 0.3) is 28.4 Å². The molecule has 17 heteroatoms. The van der Waals surface area contributed by atoms with Gasteiger partial charge in [-0.05, 0) is 55.0 Å². The third-order valence-electron chi connectivity index (χ3n) is 8.71. The summed E-state index contributed by atoms with van der Waals surface area (Å²) in [4.78, 5) is 26.0. The Balaban J connectivity index is 1.17. The average molecular weight is 741 g/mol. The maximum atomic E-state index is 13.7. The number of esters is 1. The largest absolute Gasteiger partial charge is 0.508 e. The van der Waals surface area contributed by atoms with E-state index in [9.17, 15) is 55.5 Å². The topological polar surface area (TPSA) is 275 Å². The van der Waals surface area contributed by atoms with Crippen molar-refractivity contribution in [1.29, 1.82) is 0 Å². The van der Waals surface area contributed by atoms with Crippen LogP contribution in [-0.4, -0.2) is 120 Å². The lowest BCUT2D eigenvalue weighted by Gasteiger charge is -2.45. The number of hydrogen-bond acceptors (Lipinski definition) is 17. The van der Waals surface area contributed by atoms with Crippen molar-refractivity contribution in [2.24, 2.45) is 0 Å². The maximum Gasteiger partial charge on any atom is 0.330 e. The molecule has 4 aromatic rings. The van der Waals surface area contributed by atoms with Gasteiger partial charge in [0.25, 0.3) is 0 Å². The first kappa shape index (κ1) is 37.5. The van der Waals surface area contributed by atoms with E-state index in [1.54, 1.807) is 12.1 Å². The lowest BCUT2D eigenvalue weighted by Crippen LogP contribution is -2.64. The van der Waals surface area contributed by atoms with Crippen molar-refractivity contribution < 1.29 is 78.9 Å². The highest BCUT2D eigenvalue weighted by atomic mass is 16.7. The highest BCUT2D eigenvalue weighted by Gasteiger charge is 2.50. The van der Waals surface area contributed by atoms with E-state index in [2.05, 4.69) is 0 Å². The second-order valence-electron chi connectivity index (χ2n) is 12.5. The molecule has 9 N–H and O–H groups in total. The lowest BCUT2D eigenvalue weighted by molar-refractivity contribution is -0.349. The summed E-state index contributed by atoms with van der Waals surface area (Å²) in [5, 5.41) is 93.2. The van der Waals surface area contributed by atoms with Crippen LogP contribution in [-0.2, 0) is 23.7 Å². The summed E-state index contributed by atoms with van der Waals surface area (Å²) in [5.41, 5.74) is -0.363. The van der Waals surface area contributed by atoms with Gasteiger partial charge in [-0.1, -0.05) is 12.1 Å². The normalized spacial score (nSPS) is 28.9. The molecule has 0 unspecified atom stereocenters. The molecular weight excluding hydrogens is 704 g/mol. The second-order valence-corrected chi connectivity index (χ2v) is 12.5. The molecule has 53 heavy (non-hydrogen) atoms. The van der Waals surface area contributed by atoms with Gasteiger partial charge in [0.15, 0.2) is 12.1 Å². The van der Waals surface area contributed by atoms with E-state index in [4.69, 9.17) is 28.1 Å². The number of aliphatic hydroxyl groups is 5. The van der Waals surface area contributed by atoms with Gasteiger partial charge >= 0.3 is 5.97 Å². The monoisotopic (exact) mass is 740 g/mol. The van der Waals surface area contributed by atoms with Crippen molar-refractivity contribution >= 4 is 23.0 Å². The number of hydrogen-bond donors (Lipinski definition) is 9. The van der Waals surface area contributed by atoms with Gasteiger partial charge in [-0.3, -0.25) is 4.79 Å². The standard InChI is InChI=1S/C36H36O17/c1-15-32(52-36-30(46)28(44)26(42)23(51-36)14-48-24(41)11-4-16-2-7-18(37)8-3-16)29(45)31(47)35(49-15)53-34-27(43)25-21(40)12-20(39)13-22(25)50-33(34)17-5-9-19(38)10-6-17/h2-13,15,23,26,28-32,35-40,42,44-47H,14H2,1H3/t15-,23+,26+,28-,29-,30+,31+,32-,35+,36-/m1/s1. The quantitative estimate of drug-likeness (QED) is 0.0838. The Morgan fingerprint density at radius 1 is 0.774 bits per heavy atom. The summed E-state index contributed by atoms with van der Waals surface area (Å²) in [6, 6.07) is 13.3. The smallest absolute Gasteiger partial charge is 0.330 e. The molecule has 0 amide bonds. The molecule has 2 aliphatic heterocycles. The molecule has 17 nitrogen and oxygen atoms in total. The maximum absolute atomic E-state index is 13.7. The third kappa shape index (κ3) is 7.92. The van der Waals surface area contributed by atoms with Crippen LogP contribution in [0.5, 0.6) is 28.7 Å². The summed E-state index contributed by atoms with van der Waals surface area (Å²) >= 11 is 0. The minimum absolute atomic E-state index is 0.0378. The van der Waals surface area contributed by atoms with Crippen molar-refractivity contribution in [3.63, 3.8) is 0 Å². The molecule has 0 saturated carbocycles. The average Bonchev–Trinajstić information content (AvgIpc) is 3.12. The van der Waals surface area contributed by atoms with Crippen LogP contribution in [0.2, 0.25) is 0 Å². The molecule has 0 aliphatic carbocycles. The third-order valence-corrected chi connectivity index (χ3v) is 8.71. The van der Waals surface area contributed by atoms with Gasteiger partial charge < -0.3 is 74.1 Å². The van der Waals surface area contributed by atoms with E-state index in [0.29, 0.717) is 5.56 Å². The van der Waals surface area contributed by atoms with Crippen LogP contribution >= 0.6 is 0 Å².